The third-order valence-corrected chi connectivity index (χ3v) is 10.8. The van der Waals surface area contributed by atoms with Crippen molar-refractivity contribution in [3.8, 4) is 23.1 Å². The van der Waals surface area contributed by atoms with Gasteiger partial charge in [0.2, 0.25) is 5.88 Å². The molecule has 0 atom stereocenters. The largest absolute Gasteiger partial charge is 0.508 e. The molecule has 0 amide bonds. The molecule has 2 aromatic heterocycles. The number of hydrogen-bond acceptors (Lipinski definition) is 10. The first-order valence-electron chi connectivity index (χ1n) is 17.7. The minimum atomic E-state index is 0.158. The number of aromatic nitrogens is 4. The van der Waals surface area contributed by atoms with Crippen LogP contribution in [-0.2, 0) is 19.3 Å². The summed E-state index contributed by atoms with van der Waals surface area (Å²) >= 11 is 31.0. The molecule has 0 unspecified atom stereocenters. The Morgan fingerprint density at radius 2 is 1.02 bits per heavy atom. The Morgan fingerprint density at radius 3 is 1.46 bits per heavy atom. The minimum Gasteiger partial charge on any atom is -0.508 e. The molecule has 310 valence electrons. The van der Waals surface area contributed by atoms with Gasteiger partial charge in [0.25, 0.3) is 0 Å². The Morgan fingerprint density at radius 1 is 0.561 bits per heavy atom. The fraction of sp³-hybridized carbons (Fsp3) is 0.350. The van der Waals surface area contributed by atoms with Gasteiger partial charge < -0.3 is 30.3 Å². The van der Waals surface area contributed by atoms with Gasteiger partial charge in [-0.3, -0.25) is 0 Å². The Hall–Kier alpha value is -2.11. The van der Waals surface area contributed by atoms with E-state index in [1.54, 1.807) is 36.4 Å². The van der Waals surface area contributed by atoms with Crippen molar-refractivity contribution in [1.29, 1.82) is 0 Å². The van der Waals surface area contributed by atoms with E-state index in [1.807, 2.05) is 52.0 Å². The first kappa shape index (κ1) is 51.0. The monoisotopic (exact) mass is 1100 g/mol. The first-order valence-corrected chi connectivity index (χ1v) is 22.0. The molecular weight excluding hydrogens is 1060 g/mol. The zero-order valence-electron chi connectivity index (χ0n) is 31.7. The van der Waals surface area contributed by atoms with Crippen LogP contribution in [0.2, 0.25) is 15.5 Å². The van der Waals surface area contributed by atoms with Gasteiger partial charge in [-0.1, -0.05) is 74.6 Å². The number of aliphatic hydroxyl groups excluding tert-OH is 3. The van der Waals surface area contributed by atoms with Crippen molar-refractivity contribution in [2.45, 2.75) is 71.6 Å². The lowest BCUT2D eigenvalue weighted by atomic mass is 10.1. The van der Waals surface area contributed by atoms with Crippen LogP contribution >= 0.6 is 98.5 Å². The van der Waals surface area contributed by atoms with Gasteiger partial charge in [-0.25, -0.2) is 0 Å². The topological polar surface area (TPSA) is 162 Å². The zero-order valence-corrected chi connectivity index (χ0v) is 40.3. The highest BCUT2D eigenvalue weighted by Gasteiger charge is 2.15. The molecule has 0 fully saturated rings. The summed E-state index contributed by atoms with van der Waals surface area (Å²) in [7, 11) is 0. The van der Waals surface area contributed by atoms with Gasteiger partial charge in [-0.05, 0) is 178 Å². The second-order valence-electron chi connectivity index (χ2n) is 12.8. The molecule has 5 aromatic rings. The number of aryl methyl sites for hydroxylation is 2. The van der Waals surface area contributed by atoms with E-state index in [9.17, 15) is 5.11 Å². The van der Waals surface area contributed by atoms with Crippen LogP contribution in [-0.4, -0.2) is 65.7 Å². The van der Waals surface area contributed by atoms with Crippen LogP contribution in [0.3, 0.4) is 0 Å². The molecule has 0 bridgehead atoms. The molecule has 0 saturated heterocycles. The third kappa shape index (κ3) is 18.4. The SMILES string of the molecule is CC(C)c1cc(Cl)nnc1Cl.CC(C)c1cc(Oc2c(Br)cc(CCCO)cc2Br)nnc1Cl.OCCCc1cc(Br)c(O)c(Br)c1.OCCc1ccc(O)cc1. The van der Waals surface area contributed by atoms with Crippen LogP contribution in [0, 0.1) is 0 Å². The summed E-state index contributed by atoms with van der Waals surface area (Å²) in [5.41, 5.74) is 5.07. The normalized spacial score (nSPS) is 10.6. The molecule has 3 aromatic carbocycles. The smallest absolute Gasteiger partial charge is 0.239 e. The Bertz CT molecular complexity index is 1950. The lowest BCUT2D eigenvalue weighted by Gasteiger charge is -2.13. The van der Waals surface area contributed by atoms with Gasteiger partial charge in [0.15, 0.2) is 21.2 Å². The van der Waals surface area contributed by atoms with Crippen molar-refractivity contribution in [2.75, 3.05) is 19.8 Å². The summed E-state index contributed by atoms with van der Waals surface area (Å²) in [4.78, 5) is 0. The summed E-state index contributed by atoms with van der Waals surface area (Å²) in [5.74, 6) is 2.06. The van der Waals surface area contributed by atoms with E-state index < -0.39 is 0 Å². The van der Waals surface area contributed by atoms with E-state index in [0.29, 0.717) is 48.4 Å². The van der Waals surface area contributed by atoms with Crippen molar-refractivity contribution >= 4 is 98.5 Å². The van der Waals surface area contributed by atoms with Crippen LogP contribution in [0.4, 0.5) is 0 Å². The van der Waals surface area contributed by atoms with Gasteiger partial charge >= 0.3 is 0 Å². The Kier molecular flexibility index (Phi) is 24.1. The summed E-state index contributed by atoms with van der Waals surface area (Å²) in [6, 6.07) is 18.0. The van der Waals surface area contributed by atoms with Crippen molar-refractivity contribution in [3.05, 3.63) is 122 Å². The molecule has 2 heterocycles. The maximum Gasteiger partial charge on any atom is 0.239 e. The van der Waals surface area contributed by atoms with Crippen LogP contribution in [0.1, 0.15) is 80.2 Å². The molecule has 17 heteroatoms. The van der Waals surface area contributed by atoms with E-state index in [1.165, 1.54) is 0 Å². The van der Waals surface area contributed by atoms with Crippen molar-refractivity contribution in [3.63, 3.8) is 0 Å². The third-order valence-electron chi connectivity index (χ3n) is 7.67. The molecule has 5 N–H and O–H groups in total. The van der Waals surface area contributed by atoms with Crippen molar-refractivity contribution in [1.82, 2.24) is 20.4 Å². The highest BCUT2D eigenvalue weighted by Crippen LogP contribution is 2.38. The number of hydrogen-bond donors (Lipinski definition) is 5. The predicted octanol–water partition coefficient (Wildman–Crippen LogP) is 12.2. The molecule has 0 aliphatic rings. The van der Waals surface area contributed by atoms with E-state index in [0.717, 1.165) is 62.4 Å². The summed E-state index contributed by atoms with van der Waals surface area (Å²) in [6.45, 7) is 8.65. The second kappa shape index (κ2) is 26.9. The van der Waals surface area contributed by atoms with Crippen LogP contribution in [0.25, 0.3) is 0 Å². The van der Waals surface area contributed by atoms with Gasteiger partial charge in [0.05, 0.1) is 17.9 Å². The number of benzene rings is 3. The summed E-state index contributed by atoms with van der Waals surface area (Å²) < 4.78 is 8.84. The summed E-state index contributed by atoms with van der Waals surface area (Å²) in [6.07, 6.45) is 3.73. The lowest BCUT2D eigenvalue weighted by molar-refractivity contribution is 0.288. The number of rotatable bonds is 12. The fourth-order valence-electron chi connectivity index (χ4n) is 4.68. The average Bonchev–Trinajstić information content (AvgIpc) is 3.16. The van der Waals surface area contributed by atoms with Crippen LogP contribution in [0.5, 0.6) is 23.1 Å². The van der Waals surface area contributed by atoms with E-state index >= 15 is 0 Å². The average molecular weight is 1100 g/mol. The van der Waals surface area contributed by atoms with Gasteiger partial charge in [0.1, 0.15) is 11.5 Å². The molecule has 57 heavy (non-hydrogen) atoms. The van der Waals surface area contributed by atoms with E-state index in [2.05, 4.69) is 84.1 Å². The number of aliphatic hydroxyl groups is 3. The summed E-state index contributed by atoms with van der Waals surface area (Å²) in [5, 5.41) is 60.8. The molecule has 0 aliphatic carbocycles. The van der Waals surface area contributed by atoms with E-state index in [4.69, 9.17) is 60.0 Å². The van der Waals surface area contributed by atoms with Crippen molar-refractivity contribution < 1.29 is 30.3 Å². The molecule has 0 saturated carbocycles. The van der Waals surface area contributed by atoms with Crippen LogP contribution < -0.4 is 4.74 Å². The zero-order chi connectivity index (χ0) is 42.7. The predicted molar refractivity (Wildman–Crippen MR) is 242 cm³/mol. The Labute approximate surface area is 382 Å². The number of halogens is 7. The van der Waals surface area contributed by atoms with Gasteiger partial charge in [-0.2, -0.15) is 0 Å². The van der Waals surface area contributed by atoms with Gasteiger partial charge in [-0.15, -0.1) is 20.4 Å². The molecule has 0 radical (unpaired) electrons. The maximum atomic E-state index is 9.41. The number of ether oxygens (including phenoxy) is 1. The number of aromatic hydroxyl groups is 2. The maximum absolute atomic E-state index is 9.41. The molecule has 5 rings (SSSR count). The number of phenols is 2. The van der Waals surface area contributed by atoms with Crippen LogP contribution in [0.15, 0.2) is 78.6 Å². The van der Waals surface area contributed by atoms with E-state index in [-0.39, 0.29) is 37.2 Å². The molecule has 0 aliphatic heterocycles. The highest BCUT2D eigenvalue weighted by molar-refractivity contribution is 9.11. The van der Waals surface area contributed by atoms with Crippen molar-refractivity contribution in [2.24, 2.45) is 0 Å². The standard InChI is InChI=1S/C16H17Br2ClN2O2.C9H10Br2O2.C8H10O2.C7H8Cl2N2/c1-9(2)11-8-14(20-21-16(11)19)23-15-12(17)6-10(4-3-5-22)7-13(15)18;10-7-4-6(2-1-3-12)5-8(11)9(7)13;9-6-5-7-1-3-8(10)4-2-7;1-4(2)5-3-6(8)10-11-7(5)9/h6-9,22H,3-5H2,1-2H3;4-5,12-13H,1-3H2;1-4,9-10H,5-6H2;3-4H,1-2H3. The Balaban J connectivity index is 0.000000281. The number of nitrogens with zero attached hydrogens (tertiary/aromatic N) is 4. The minimum absolute atomic E-state index is 0.158. The van der Waals surface area contributed by atoms with Gasteiger partial charge in [0, 0.05) is 25.9 Å². The molecular formula is C40H45Br4Cl3N4O6. The highest BCUT2D eigenvalue weighted by atomic mass is 79.9. The molecule has 0 spiro atoms. The first-order chi connectivity index (χ1) is 27.0. The molecule has 10 nitrogen and oxygen atoms in total. The number of phenolic OH excluding ortho intramolecular Hbond substituents is 2. The fourth-order valence-corrected chi connectivity index (χ4v) is 8.18. The second-order valence-corrected chi connectivity index (χ2v) is 17.4. The lowest BCUT2D eigenvalue weighted by Crippen LogP contribution is -1.98. The quantitative estimate of drug-likeness (QED) is 0.0813.